The van der Waals surface area contributed by atoms with Crippen molar-refractivity contribution in [2.45, 2.75) is 9.79 Å². The summed E-state index contributed by atoms with van der Waals surface area (Å²) < 4.78 is 10.9. The van der Waals surface area contributed by atoms with Crippen LogP contribution < -0.4 is 9.47 Å². The fourth-order valence-corrected chi connectivity index (χ4v) is 4.70. The van der Waals surface area contributed by atoms with Crippen molar-refractivity contribution in [1.29, 1.82) is 5.26 Å². The monoisotopic (exact) mass is 492 g/mol. The molecule has 1 aromatic heterocycles. The lowest BCUT2D eigenvalue weighted by Crippen LogP contribution is -2.01. The number of methoxy groups -OCH3 is 2. The van der Waals surface area contributed by atoms with Crippen molar-refractivity contribution in [1.82, 2.24) is 4.98 Å². The van der Waals surface area contributed by atoms with Crippen molar-refractivity contribution in [3.8, 4) is 40.1 Å². The maximum atomic E-state index is 10.1. The van der Waals surface area contributed by atoms with Gasteiger partial charge in [-0.3, -0.25) is 0 Å². The third-order valence-corrected chi connectivity index (χ3v) is 6.57. The van der Waals surface area contributed by atoms with Gasteiger partial charge < -0.3 is 9.47 Å². The average Bonchev–Trinajstić information content (AvgIpc) is 2.85. The van der Waals surface area contributed by atoms with Crippen LogP contribution in [-0.2, 0) is 0 Å². The summed E-state index contributed by atoms with van der Waals surface area (Å²) >= 11 is 13.7. The van der Waals surface area contributed by atoms with Gasteiger partial charge >= 0.3 is 0 Å². The van der Waals surface area contributed by atoms with Crippen LogP contribution in [0.4, 0.5) is 0 Å². The van der Waals surface area contributed by atoms with Gasteiger partial charge in [0.25, 0.3) is 0 Å². The molecule has 0 aliphatic rings. The summed E-state index contributed by atoms with van der Waals surface area (Å²) in [4.78, 5) is 6.52. The first-order valence-electron chi connectivity index (χ1n) is 9.90. The molecule has 4 rings (SSSR count). The second kappa shape index (κ2) is 10.2. The Morgan fingerprint density at radius 2 is 1.36 bits per heavy atom. The lowest BCUT2D eigenvalue weighted by molar-refractivity contribution is 0.396. The maximum absolute atomic E-state index is 10.1. The Morgan fingerprint density at radius 3 is 1.91 bits per heavy atom. The smallest absolute Gasteiger partial charge is 0.232 e. The largest absolute Gasteiger partial charge is 0.497 e. The molecule has 0 radical (unpaired) electrons. The minimum absolute atomic E-state index is 0.258. The first-order valence-corrected chi connectivity index (χ1v) is 11.5. The van der Waals surface area contributed by atoms with Crippen LogP contribution in [0, 0.1) is 11.3 Å². The van der Waals surface area contributed by atoms with Gasteiger partial charge in [0.05, 0.1) is 19.9 Å². The van der Waals surface area contributed by atoms with Crippen LogP contribution in [0.15, 0.2) is 82.6 Å². The number of aromatic nitrogens is 1. The van der Waals surface area contributed by atoms with Gasteiger partial charge in [-0.25, -0.2) is 4.98 Å². The van der Waals surface area contributed by atoms with E-state index in [9.17, 15) is 5.26 Å². The number of ether oxygens (including phenoxy) is 2. The highest BCUT2D eigenvalue weighted by molar-refractivity contribution is 7.99. The van der Waals surface area contributed by atoms with E-state index < -0.39 is 0 Å². The lowest BCUT2D eigenvalue weighted by Gasteiger charge is -2.18. The van der Waals surface area contributed by atoms with E-state index in [0.717, 1.165) is 32.2 Å². The van der Waals surface area contributed by atoms with Crippen LogP contribution in [-0.4, -0.2) is 19.2 Å². The third kappa shape index (κ3) is 4.94. The zero-order valence-corrected chi connectivity index (χ0v) is 20.1. The van der Waals surface area contributed by atoms with E-state index in [4.69, 9.17) is 37.7 Å². The van der Waals surface area contributed by atoms with Crippen LogP contribution in [0.1, 0.15) is 5.56 Å². The Hall–Kier alpha value is -3.17. The Balaban J connectivity index is 2.03. The fourth-order valence-electron chi connectivity index (χ4n) is 3.35. The predicted molar refractivity (Wildman–Crippen MR) is 134 cm³/mol. The van der Waals surface area contributed by atoms with E-state index in [2.05, 4.69) is 6.07 Å². The van der Waals surface area contributed by atoms with Crippen molar-refractivity contribution in [2.75, 3.05) is 14.2 Å². The van der Waals surface area contributed by atoms with Gasteiger partial charge in [-0.1, -0.05) is 59.2 Å². The second-order valence-electron chi connectivity index (χ2n) is 6.95. The molecule has 33 heavy (non-hydrogen) atoms. The Kier molecular flexibility index (Phi) is 7.10. The summed E-state index contributed by atoms with van der Waals surface area (Å²) in [6.07, 6.45) is 0. The SMILES string of the molecule is COc1ccc(-c2c(C#N)c(OC)nc(-c3ccc(Cl)cc3)c2Sc2ccc(Cl)cc2)cc1. The summed E-state index contributed by atoms with van der Waals surface area (Å²) in [6, 6.07) is 24.8. The number of hydrogen-bond donors (Lipinski definition) is 0. The minimum atomic E-state index is 0.258. The number of benzene rings is 3. The molecule has 164 valence electrons. The van der Waals surface area contributed by atoms with Gasteiger partial charge in [0, 0.05) is 31.0 Å². The number of nitriles is 1. The topological polar surface area (TPSA) is 55.1 Å². The number of hydrogen-bond acceptors (Lipinski definition) is 5. The van der Waals surface area contributed by atoms with E-state index in [1.54, 1.807) is 7.11 Å². The molecule has 1 heterocycles. The molecule has 0 aliphatic heterocycles. The normalized spacial score (nSPS) is 10.5. The van der Waals surface area contributed by atoms with Gasteiger partial charge in [0.15, 0.2) is 0 Å². The molecule has 7 heteroatoms. The van der Waals surface area contributed by atoms with Crippen LogP contribution in [0.25, 0.3) is 22.4 Å². The molecule has 0 saturated carbocycles. The summed E-state index contributed by atoms with van der Waals surface area (Å²) in [5, 5.41) is 11.4. The van der Waals surface area contributed by atoms with Crippen LogP contribution in [0.5, 0.6) is 11.6 Å². The third-order valence-electron chi connectivity index (χ3n) is 4.95. The second-order valence-corrected chi connectivity index (χ2v) is 8.91. The van der Waals surface area contributed by atoms with Crippen molar-refractivity contribution < 1.29 is 9.47 Å². The molecule has 0 aliphatic carbocycles. The highest BCUT2D eigenvalue weighted by Crippen LogP contribution is 2.46. The zero-order valence-electron chi connectivity index (χ0n) is 17.8. The van der Waals surface area contributed by atoms with E-state index in [1.807, 2.05) is 72.8 Å². The molecule has 0 amide bonds. The molecular weight excluding hydrogens is 475 g/mol. The summed E-state index contributed by atoms with van der Waals surface area (Å²) in [5.74, 6) is 0.983. The maximum Gasteiger partial charge on any atom is 0.232 e. The molecule has 0 bridgehead atoms. The standard InChI is InChI=1S/C26H18Cl2N2O2S/c1-31-20-11-5-16(6-12-20)23-22(15-29)26(32-2)30-24(17-3-7-18(27)8-4-17)25(23)33-21-13-9-19(28)10-14-21/h3-14H,1-2H3. The predicted octanol–water partition coefficient (Wildman–Crippen LogP) is 7.76. The molecule has 0 fully saturated rings. The minimum Gasteiger partial charge on any atom is -0.497 e. The molecule has 0 unspecified atom stereocenters. The van der Waals surface area contributed by atoms with Gasteiger partial charge in [0.1, 0.15) is 17.4 Å². The fraction of sp³-hybridized carbons (Fsp3) is 0.0769. The van der Waals surface area contributed by atoms with E-state index in [0.29, 0.717) is 21.3 Å². The van der Waals surface area contributed by atoms with Crippen molar-refractivity contribution >= 4 is 35.0 Å². The lowest BCUT2D eigenvalue weighted by atomic mass is 9.98. The molecule has 4 nitrogen and oxygen atoms in total. The first kappa shape index (κ1) is 23.0. The summed E-state index contributed by atoms with van der Waals surface area (Å²) in [6.45, 7) is 0. The first-order chi connectivity index (χ1) is 16.0. The number of halogens is 2. The molecule has 0 atom stereocenters. The Bertz CT molecular complexity index is 1320. The van der Waals surface area contributed by atoms with E-state index >= 15 is 0 Å². The van der Waals surface area contributed by atoms with Crippen LogP contribution in [0.3, 0.4) is 0 Å². The quantitative estimate of drug-likeness (QED) is 0.275. The van der Waals surface area contributed by atoms with Crippen LogP contribution >= 0.6 is 35.0 Å². The molecule has 3 aromatic carbocycles. The molecular formula is C26H18Cl2N2O2S. The van der Waals surface area contributed by atoms with Crippen molar-refractivity contribution in [2.24, 2.45) is 0 Å². The van der Waals surface area contributed by atoms with Crippen molar-refractivity contribution in [3.05, 3.63) is 88.4 Å². The zero-order chi connectivity index (χ0) is 23.4. The number of nitrogens with zero attached hydrogens (tertiary/aromatic N) is 2. The summed E-state index contributed by atoms with van der Waals surface area (Å²) in [7, 11) is 3.13. The molecule has 4 aromatic rings. The van der Waals surface area contributed by atoms with Gasteiger partial charge in [-0.15, -0.1) is 0 Å². The highest BCUT2D eigenvalue weighted by Gasteiger charge is 2.24. The van der Waals surface area contributed by atoms with Crippen LogP contribution in [0.2, 0.25) is 10.0 Å². The van der Waals surface area contributed by atoms with Gasteiger partial charge in [-0.05, 0) is 54.1 Å². The molecule has 0 saturated heterocycles. The Morgan fingerprint density at radius 1 is 0.788 bits per heavy atom. The van der Waals surface area contributed by atoms with Gasteiger partial charge in [0.2, 0.25) is 5.88 Å². The van der Waals surface area contributed by atoms with Crippen molar-refractivity contribution in [3.63, 3.8) is 0 Å². The highest BCUT2D eigenvalue weighted by atomic mass is 35.5. The summed E-state index contributed by atoms with van der Waals surface area (Å²) in [5.41, 5.74) is 3.48. The van der Waals surface area contributed by atoms with E-state index in [-0.39, 0.29) is 5.88 Å². The van der Waals surface area contributed by atoms with Gasteiger partial charge in [-0.2, -0.15) is 5.26 Å². The molecule has 0 spiro atoms. The van der Waals surface area contributed by atoms with E-state index in [1.165, 1.54) is 18.9 Å². The number of rotatable bonds is 6. The Labute approximate surface area is 206 Å². The average molecular weight is 493 g/mol. The molecule has 0 N–H and O–H groups in total. The number of pyridine rings is 1.